The zero-order chi connectivity index (χ0) is 22.9. The highest BCUT2D eigenvalue weighted by Crippen LogP contribution is 2.31. The highest BCUT2D eigenvalue weighted by molar-refractivity contribution is 7.90. The first-order chi connectivity index (χ1) is 15.3. The zero-order valence-electron chi connectivity index (χ0n) is 17.1. The van der Waals surface area contributed by atoms with Crippen molar-refractivity contribution in [2.75, 3.05) is 33.4 Å². The molecule has 2 heterocycles. The Labute approximate surface area is 184 Å². The largest absolute Gasteiger partial charge is 0.486 e. The molecule has 0 bridgehead atoms. The molecule has 2 aromatic rings. The van der Waals surface area contributed by atoms with Gasteiger partial charge in [0, 0.05) is 7.05 Å². The summed E-state index contributed by atoms with van der Waals surface area (Å²) >= 11 is 0. The number of hydrogen-bond acceptors (Lipinski definition) is 8. The summed E-state index contributed by atoms with van der Waals surface area (Å²) in [5, 5.41) is 0. The summed E-state index contributed by atoms with van der Waals surface area (Å²) < 4.78 is 41.7. The van der Waals surface area contributed by atoms with Crippen LogP contribution in [0, 0.1) is 0 Å². The Kier molecular flexibility index (Phi) is 5.74. The number of ether oxygens (including phenoxy) is 3. The number of rotatable bonds is 6. The first-order valence-corrected chi connectivity index (χ1v) is 11.2. The van der Waals surface area contributed by atoms with E-state index in [1.165, 1.54) is 36.2 Å². The predicted octanol–water partition coefficient (Wildman–Crippen LogP) is 0.673. The second-order valence-electron chi connectivity index (χ2n) is 7.25. The first-order valence-electron chi connectivity index (χ1n) is 9.71. The van der Waals surface area contributed by atoms with Gasteiger partial charge in [-0.2, -0.15) is 0 Å². The van der Waals surface area contributed by atoms with Gasteiger partial charge in [-0.3, -0.25) is 14.4 Å². The Hall–Kier alpha value is -3.60. The summed E-state index contributed by atoms with van der Waals surface area (Å²) in [6.07, 6.45) is -0.402. The van der Waals surface area contributed by atoms with Gasteiger partial charge in [0.25, 0.3) is 21.8 Å². The number of hydrogen-bond donors (Lipinski definition) is 0. The van der Waals surface area contributed by atoms with E-state index >= 15 is 0 Å². The molecule has 0 spiro atoms. The third kappa shape index (κ3) is 4.11. The minimum absolute atomic E-state index is 0.00705. The second kappa shape index (κ2) is 8.50. The number of benzene rings is 2. The van der Waals surface area contributed by atoms with Crippen LogP contribution in [0.2, 0.25) is 0 Å². The topological polar surface area (TPSA) is 120 Å². The molecule has 0 saturated heterocycles. The summed E-state index contributed by atoms with van der Waals surface area (Å²) in [6, 6.07) is 12.9. The number of nitrogens with zero attached hydrogens (tertiary/aromatic N) is 2. The molecule has 2 aliphatic heterocycles. The predicted molar refractivity (Wildman–Crippen MR) is 110 cm³/mol. The maximum absolute atomic E-state index is 12.5. The van der Waals surface area contributed by atoms with Crippen LogP contribution >= 0.6 is 0 Å². The van der Waals surface area contributed by atoms with Crippen LogP contribution in [0.4, 0.5) is 0 Å². The summed E-state index contributed by atoms with van der Waals surface area (Å²) in [5.41, 5.74) is -0.00705. The average molecular weight is 460 g/mol. The van der Waals surface area contributed by atoms with E-state index in [0.29, 0.717) is 15.8 Å². The summed E-state index contributed by atoms with van der Waals surface area (Å²) in [7, 11) is -2.61. The molecule has 2 aromatic carbocycles. The molecule has 0 radical (unpaired) electrons. The van der Waals surface area contributed by atoms with Crippen LogP contribution in [-0.4, -0.2) is 74.9 Å². The third-order valence-corrected chi connectivity index (χ3v) is 6.80. The van der Waals surface area contributed by atoms with E-state index in [-0.39, 0.29) is 23.6 Å². The van der Waals surface area contributed by atoms with Crippen molar-refractivity contribution < 1.29 is 37.0 Å². The zero-order valence-corrected chi connectivity index (χ0v) is 17.9. The highest BCUT2D eigenvalue weighted by Gasteiger charge is 2.42. The summed E-state index contributed by atoms with van der Waals surface area (Å²) in [6.45, 7) is -0.972. The lowest BCUT2D eigenvalue weighted by atomic mass is 10.2. The number of sulfonamides is 1. The molecular formula is C21H20N2O8S. The lowest BCUT2D eigenvalue weighted by Gasteiger charge is -2.29. The van der Waals surface area contributed by atoms with Crippen LogP contribution in [-0.2, 0) is 24.3 Å². The normalized spacial score (nSPS) is 18.1. The fourth-order valence-corrected chi connectivity index (χ4v) is 4.88. The summed E-state index contributed by atoms with van der Waals surface area (Å²) in [4.78, 5) is 38.0. The molecule has 0 aliphatic carbocycles. The lowest BCUT2D eigenvalue weighted by Crippen LogP contribution is -2.43. The van der Waals surface area contributed by atoms with Crippen molar-refractivity contribution >= 4 is 27.8 Å². The number of carbonyl (C=O) groups excluding carboxylic acids is 3. The molecule has 2 aliphatic rings. The van der Waals surface area contributed by atoms with Crippen molar-refractivity contribution in [2.45, 2.75) is 11.0 Å². The number of para-hydroxylation sites is 2. The van der Waals surface area contributed by atoms with Crippen LogP contribution in [0.15, 0.2) is 53.4 Å². The Morgan fingerprint density at radius 3 is 2.56 bits per heavy atom. The van der Waals surface area contributed by atoms with Crippen molar-refractivity contribution in [3.05, 3.63) is 54.1 Å². The van der Waals surface area contributed by atoms with E-state index in [2.05, 4.69) is 0 Å². The molecule has 32 heavy (non-hydrogen) atoms. The molecule has 0 N–H and O–H groups in total. The van der Waals surface area contributed by atoms with E-state index in [4.69, 9.17) is 14.2 Å². The van der Waals surface area contributed by atoms with Crippen LogP contribution < -0.4 is 9.47 Å². The van der Waals surface area contributed by atoms with Gasteiger partial charge in [0.2, 0.25) is 0 Å². The molecule has 11 heteroatoms. The quantitative estimate of drug-likeness (QED) is 0.577. The standard InChI is InChI=1S/C21H20N2O8S/c1-22(10-14-12-29-16-7-3-4-8-17(16)31-14)19(24)13-30-20(25)11-23-21(26)15-6-2-5-9-18(15)32(23,27)28/h2-9,14H,10-13H2,1H3. The number of carbonyl (C=O) groups is 3. The lowest BCUT2D eigenvalue weighted by molar-refractivity contribution is -0.151. The maximum atomic E-state index is 12.5. The van der Waals surface area contributed by atoms with Gasteiger partial charge >= 0.3 is 5.97 Å². The van der Waals surface area contributed by atoms with Crippen molar-refractivity contribution in [2.24, 2.45) is 0 Å². The highest BCUT2D eigenvalue weighted by atomic mass is 32.2. The molecule has 0 aromatic heterocycles. The third-order valence-electron chi connectivity index (χ3n) is 5.01. The van der Waals surface area contributed by atoms with Gasteiger partial charge in [0.05, 0.1) is 12.1 Å². The monoisotopic (exact) mass is 460 g/mol. The molecular weight excluding hydrogens is 440 g/mol. The van der Waals surface area contributed by atoms with E-state index < -0.39 is 47.1 Å². The van der Waals surface area contributed by atoms with E-state index in [1.54, 1.807) is 12.1 Å². The van der Waals surface area contributed by atoms with E-state index in [0.717, 1.165) is 0 Å². The number of fused-ring (bicyclic) bond motifs is 2. The van der Waals surface area contributed by atoms with Crippen molar-refractivity contribution in [1.82, 2.24) is 9.21 Å². The minimum atomic E-state index is -4.13. The second-order valence-corrected chi connectivity index (χ2v) is 9.08. The maximum Gasteiger partial charge on any atom is 0.327 e. The molecule has 2 amide bonds. The molecule has 4 rings (SSSR count). The fourth-order valence-electron chi connectivity index (χ4n) is 3.36. The van der Waals surface area contributed by atoms with Crippen LogP contribution in [0.25, 0.3) is 0 Å². The van der Waals surface area contributed by atoms with Gasteiger partial charge < -0.3 is 19.1 Å². The Morgan fingerprint density at radius 1 is 1.12 bits per heavy atom. The van der Waals surface area contributed by atoms with Crippen molar-refractivity contribution in [3.8, 4) is 11.5 Å². The van der Waals surface area contributed by atoms with Crippen LogP contribution in [0.1, 0.15) is 10.4 Å². The van der Waals surface area contributed by atoms with E-state index in [9.17, 15) is 22.8 Å². The van der Waals surface area contributed by atoms with Crippen LogP contribution in [0.3, 0.4) is 0 Å². The summed E-state index contributed by atoms with van der Waals surface area (Å²) in [5.74, 6) is -1.13. The van der Waals surface area contributed by atoms with Crippen molar-refractivity contribution in [3.63, 3.8) is 0 Å². The van der Waals surface area contributed by atoms with Gasteiger partial charge in [0.15, 0.2) is 24.2 Å². The van der Waals surface area contributed by atoms with E-state index in [1.807, 2.05) is 12.1 Å². The first kappa shape index (κ1) is 21.6. The average Bonchev–Trinajstić information content (AvgIpc) is 2.98. The van der Waals surface area contributed by atoms with Gasteiger partial charge in [0.1, 0.15) is 18.0 Å². The number of amides is 2. The SMILES string of the molecule is CN(CC1COc2ccccc2O1)C(=O)COC(=O)CN1C(=O)c2ccccc2S1(=O)=O. The van der Waals surface area contributed by atoms with Gasteiger partial charge in [-0.25, -0.2) is 12.7 Å². The number of esters is 1. The molecule has 1 unspecified atom stereocenters. The Morgan fingerprint density at radius 2 is 1.81 bits per heavy atom. The van der Waals surface area contributed by atoms with Gasteiger partial charge in [-0.05, 0) is 24.3 Å². The van der Waals surface area contributed by atoms with Gasteiger partial charge in [-0.15, -0.1) is 0 Å². The Balaban J connectivity index is 1.28. The molecule has 168 valence electrons. The molecule has 1 atom stereocenters. The number of likely N-dealkylation sites (N-methyl/N-ethyl adjacent to an activating group) is 1. The molecule has 10 nitrogen and oxygen atoms in total. The molecule has 0 fully saturated rings. The smallest absolute Gasteiger partial charge is 0.327 e. The Bertz CT molecular complexity index is 1180. The van der Waals surface area contributed by atoms with Crippen molar-refractivity contribution in [1.29, 1.82) is 0 Å². The molecule has 0 saturated carbocycles. The van der Waals surface area contributed by atoms with Gasteiger partial charge in [-0.1, -0.05) is 24.3 Å². The minimum Gasteiger partial charge on any atom is -0.486 e. The fraction of sp³-hybridized carbons (Fsp3) is 0.286. The van der Waals surface area contributed by atoms with Crippen LogP contribution in [0.5, 0.6) is 11.5 Å².